The van der Waals surface area contributed by atoms with Crippen molar-refractivity contribution in [3.05, 3.63) is 64.7 Å². The molecule has 0 bridgehead atoms. The number of methoxy groups -OCH3 is 1. The Labute approximate surface area is 171 Å². The van der Waals surface area contributed by atoms with Crippen molar-refractivity contribution < 1.29 is 14.7 Å². The van der Waals surface area contributed by atoms with E-state index in [2.05, 4.69) is 16.1 Å². The maximum atomic E-state index is 10.2. The number of hydrogen-bond acceptors (Lipinski definition) is 5. The van der Waals surface area contributed by atoms with Crippen molar-refractivity contribution in [2.24, 2.45) is 5.16 Å². The van der Waals surface area contributed by atoms with Crippen LogP contribution in [-0.4, -0.2) is 48.1 Å². The molecule has 0 saturated heterocycles. The number of oxime groups is 1. The molecule has 0 amide bonds. The Kier molecular flexibility index (Phi) is 7.31. The van der Waals surface area contributed by atoms with E-state index >= 15 is 0 Å². The first-order chi connectivity index (χ1) is 13.6. The molecule has 0 aromatic heterocycles. The predicted molar refractivity (Wildman–Crippen MR) is 112 cm³/mol. The van der Waals surface area contributed by atoms with Crippen LogP contribution in [0.25, 0.3) is 0 Å². The van der Waals surface area contributed by atoms with Gasteiger partial charge in [-0.15, -0.1) is 0 Å². The van der Waals surface area contributed by atoms with Crippen LogP contribution in [0.4, 0.5) is 0 Å². The Bertz CT molecular complexity index is 795. The van der Waals surface area contributed by atoms with Gasteiger partial charge in [0.15, 0.2) is 0 Å². The number of nitrogens with zero attached hydrogens (tertiary/aromatic N) is 2. The van der Waals surface area contributed by atoms with E-state index in [1.54, 1.807) is 7.11 Å². The summed E-state index contributed by atoms with van der Waals surface area (Å²) in [7, 11) is 1.67. The molecule has 0 spiro atoms. The molecule has 150 valence electrons. The summed E-state index contributed by atoms with van der Waals surface area (Å²) in [4.78, 5) is 7.90. The van der Waals surface area contributed by atoms with Crippen molar-refractivity contribution in [2.75, 3.05) is 20.2 Å². The molecule has 5 nitrogen and oxygen atoms in total. The van der Waals surface area contributed by atoms with E-state index in [-0.39, 0.29) is 12.2 Å². The zero-order chi connectivity index (χ0) is 19.9. The normalized spacial score (nSPS) is 17.3. The summed E-state index contributed by atoms with van der Waals surface area (Å²) in [6.07, 6.45) is 1.04. The topological polar surface area (TPSA) is 54.3 Å². The van der Waals surface area contributed by atoms with E-state index in [9.17, 15) is 5.11 Å². The maximum absolute atomic E-state index is 10.2. The van der Waals surface area contributed by atoms with Crippen LogP contribution < -0.4 is 4.74 Å². The molecule has 6 heteroatoms. The van der Waals surface area contributed by atoms with Crippen molar-refractivity contribution in [1.29, 1.82) is 0 Å². The van der Waals surface area contributed by atoms with E-state index in [0.29, 0.717) is 31.1 Å². The van der Waals surface area contributed by atoms with E-state index in [0.717, 1.165) is 29.0 Å². The Hall–Kier alpha value is -2.08. The van der Waals surface area contributed by atoms with Crippen molar-refractivity contribution in [3.8, 4) is 5.75 Å². The number of aliphatic hydroxyl groups excluding tert-OH is 1. The molecule has 1 N–H and O–H groups in total. The summed E-state index contributed by atoms with van der Waals surface area (Å²) in [5.41, 5.74) is 3.10. The predicted octanol–water partition coefficient (Wildman–Crippen LogP) is 4.11. The summed E-state index contributed by atoms with van der Waals surface area (Å²) in [5, 5.41) is 15.2. The fourth-order valence-corrected chi connectivity index (χ4v) is 3.41. The number of rotatable bonds is 9. The molecule has 2 unspecified atom stereocenters. The highest BCUT2D eigenvalue weighted by Gasteiger charge is 2.25. The highest BCUT2D eigenvalue weighted by Crippen LogP contribution is 2.21. The summed E-state index contributed by atoms with van der Waals surface area (Å²) in [6, 6.07) is 15.6. The molecule has 1 heterocycles. The van der Waals surface area contributed by atoms with E-state index in [4.69, 9.17) is 21.2 Å². The van der Waals surface area contributed by atoms with Gasteiger partial charge >= 0.3 is 0 Å². The van der Waals surface area contributed by atoms with Gasteiger partial charge in [0.2, 0.25) is 0 Å². The second kappa shape index (κ2) is 9.92. The number of aliphatic hydroxyl groups is 1. The van der Waals surface area contributed by atoms with E-state index in [1.807, 2.05) is 49.4 Å². The van der Waals surface area contributed by atoms with Gasteiger partial charge in [0.05, 0.1) is 18.9 Å². The summed E-state index contributed by atoms with van der Waals surface area (Å²) < 4.78 is 5.32. The van der Waals surface area contributed by atoms with Crippen molar-refractivity contribution >= 4 is 17.3 Å². The quantitative estimate of drug-likeness (QED) is 0.685. The number of benzene rings is 2. The molecular weight excluding hydrogens is 376 g/mol. The lowest BCUT2D eigenvalue weighted by Gasteiger charge is -2.26. The summed E-state index contributed by atoms with van der Waals surface area (Å²) >= 11 is 5.97. The van der Waals surface area contributed by atoms with Crippen LogP contribution in [0.2, 0.25) is 5.02 Å². The van der Waals surface area contributed by atoms with Crippen LogP contribution >= 0.6 is 11.6 Å². The smallest absolute Gasteiger partial charge is 0.145 e. The maximum Gasteiger partial charge on any atom is 0.145 e. The van der Waals surface area contributed by atoms with Crippen LogP contribution in [0, 0.1) is 0 Å². The third-order valence-electron chi connectivity index (χ3n) is 4.85. The first-order valence-corrected chi connectivity index (χ1v) is 9.97. The Morgan fingerprint density at radius 2 is 2.07 bits per heavy atom. The zero-order valence-electron chi connectivity index (χ0n) is 16.3. The minimum Gasteiger partial charge on any atom is -0.497 e. The highest BCUT2D eigenvalue weighted by atomic mass is 35.5. The molecular formula is C22H27ClN2O3. The molecule has 0 aliphatic carbocycles. The van der Waals surface area contributed by atoms with Gasteiger partial charge in [0.25, 0.3) is 0 Å². The largest absolute Gasteiger partial charge is 0.497 e. The second-order valence-corrected chi connectivity index (χ2v) is 7.52. The van der Waals surface area contributed by atoms with Gasteiger partial charge < -0.3 is 14.7 Å². The van der Waals surface area contributed by atoms with Gasteiger partial charge in [-0.05, 0) is 41.8 Å². The number of hydrogen-bond donors (Lipinski definition) is 1. The fourth-order valence-electron chi connectivity index (χ4n) is 3.29. The van der Waals surface area contributed by atoms with Crippen molar-refractivity contribution in [2.45, 2.75) is 38.5 Å². The van der Waals surface area contributed by atoms with Crippen LogP contribution in [0.15, 0.2) is 53.7 Å². The third kappa shape index (κ3) is 5.71. The fraction of sp³-hybridized carbons (Fsp3) is 0.409. The first-order valence-electron chi connectivity index (χ1n) is 9.59. The van der Waals surface area contributed by atoms with Crippen molar-refractivity contribution in [1.82, 2.24) is 4.90 Å². The molecule has 2 aromatic carbocycles. The average molecular weight is 403 g/mol. The minimum atomic E-state index is -0.372. The van der Waals surface area contributed by atoms with E-state index < -0.39 is 0 Å². The minimum absolute atomic E-state index is 0.0414. The zero-order valence-corrected chi connectivity index (χ0v) is 17.1. The molecule has 1 aliphatic rings. The first kappa shape index (κ1) is 20.6. The Morgan fingerprint density at radius 3 is 2.79 bits per heavy atom. The summed E-state index contributed by atoms with van der Waals surface area (Å²) in [5.74, 6) is 0.832. The molecule has 3 rings (SSSR count). The third-order valence-corrected chi connectivity index (χ3v) is 5.10. The second-order valence-electron chi connectivity index (χ2n) is 7.08. The van der Waals surface area contributed by atoms with Gasteiger partial charge in [-0.25, -0.2) is 0 Å². The van der Waals surface area contributed by atoms with Gasteiger partial charge in [-0.3, -0.25) is 4.90 Å². The Balaban J connectivity index is 1.63. The summed E-state index contributed by atoms with van der Waals surface area (Å²) in [6.45, 7) is 3.98. The molecule has 0 radical (unpaired) electrons. The van der Waals surface area contributed by atoms with Crippen LogP contribution in [-0.2, 0) is 11.4 Å². The number of halogens is 1. The molecule has 28 heavy (non-hydrogen) atoms. The lowest BCUT2D eigenvalue weighted by atomic mass is 10.0. The lowest BCUT2D eigenvalue weighted by molar-refractivity contribution is 0.0315. The van der Waals surface area contributed by atoms with Gasteiger partial charge in [-0.2, -0.15) is 0 Å². The Morgan fingerprint density at radius 1 is 1.29 bits per heavy atom. The van der Waals surface area contributed by atoms with Crippen LogP contribution in [0.5, 0.6) is 5.75 Å². The van der Waals surface area contributed by atoms with Crippen molar-refractivity contribution in [3.63, 3.8) is 0 Å². The molecule has 0 saturated carbocycles. The molecule has 0 fully saturated rings. The van der Waals surface area contributed by atoms with Crippen LogP contribution in [0.1, 0.15) is 30.9 Å². The van der Waals surface area contributed by atoms with Gasteiger partial charge in [0.1, 0.15) is 11.9 Å². The van der Waals surface area contributed by atoms with E-state index in [1.165, 1.54) is 0 Å². The molecule has 1 aliphatic heterocycles. The number of ether oxygens (including phenoxy) is 1. The molecule has 2 aromatic rings. The van der Waals surface area contributed by atoms with Crippen LogP contribution in [0.3, 0.4) is 0 Å². The molecule has 2 atom stereocenters. The lowest BCUT2D eigenvalue weighted by Crippen LogP contribution is -2.37. The average Bonchev–Trinajstić information content (AvgIpc) is 3.17. The van der Waals surface area contributed by atoms with Gasteiger partial charge in [0, 0.05) is 31.1 Å². The highest BCUT2D eigenvalue weighted by molar-refractivity contribution is 6.30. The van der Waals surface area contributed by atoms with Gasteiger partial charge in [-0.1, -0.05) is 47.9 Å². The standard InChI is InChI=1S/C22H27ClN2O3/c1-3-19(26)14-25(13-16-5-4-6-20(11-16)27-2)15-21-12-22(24-28-21)17-7-9-18(23)10-8-17/h4-11,19,21,26H,3,12-15H2,1-2H3. The monoisotopic (exact) mass is 402 g/mol. The SMILES string of the molecule is CCC(O)CN(Cc1cccc(OC)c1)CC1CC(c2ccc(Cl)cc2)=NO1.